The molecule has 1 atom stereocenters. The number of ketones is 1. The Morgan fingerprint density at radius 2 is 1.83 bits per heavy atom. The van der Waals surface area contributed by atoms with E-state index in [1.165, 1.54) is 12.0 Å². The highest BCUT2D eigenvalue weighted by atomic mass is 16.5. The van der Waals surface area contributed by atoms with Gasteiger partial charge in [0, 0.05) is 22.5 Å². The van der Waals surface area contributed by atoms with E-state index in [2.05, 4.69) is 33.8 Å². The summed E-state index contributed by atoms with van der Waals surface area (Å²) in [6.45, 7) is 6.13. The summed E-state index contributed by atoms with van der Waals surface area (Å²) in [5.41, 5.74) is 4.69. The van der Waals surface area contributed by atoms with Gasteiger partial charge in [-0.15, -0.1) is 10.2 Å². The third-order valence-corrected chi connectivity index (χ3v) is 5.29. The second kappa shape index (κ2) is 8.37. The molecular weight excluding hydrogens is 378 g/mol. The molecule has 0 unspecified atom stereocenters. The molecule has 0 radical (unpaired) electrons. The van der Waals surface area contributed by atoms with Crippen LogP contribution in [-0.4, -0.2) is 27.2 Å². The second-order valence-corrected chi connectivity index (χ2v) is 7.22. The Balaban J connectivity index is 1.46. The van der Waals surface area contributed by atoms with Gasteiger partial charge in [0.2, 0.25) is 18.1 Å². The van der Waals surface area contributed by atoms with Crippen LogP contribution >= 0.6 is 0 Å². The van der Waals surface area contributed by atoms with Gasteiger partial charge in [-0.2, -0.15) is 0 Å². The highest BCUT2D eigenvalue weighted by molar-refractivity contribution is 5.98. The first-order valence-corrected chi connectivity index (χ1v) is 9.80. The molecule has 0 aliphatic rings. The second-order valence-electron chi connectivity index (χ2n) is 7.22. The Morgan fingerprint density at radius 3 is 2.50 bits per heavy atom. The monoisotopic (exact) mass is 401 g/mol. The molecule has 0 saturated carbocycles. The maximum Gasteiger partial charge on any atom is 0.247 e. The van der Waals surface area contributed by atoms with Crippen molar-refractivity contribution >= 4 is 5.78 Å². The number of ether oxygens (including phenoxy) is 1. The summed E-state index contributed by atoms with van der Waals surface area (Å²) in [5, 5.41) is 7.54. The Hall–Kier alpha value is -3.67. The quantitative estimate of drug-likeness (QED) is 0.406. The van der Waals surface area contributed by atoms with E-state index in [1.54, 1.807) is 12.1 Å². The summed E-state index contributed by atoms with van der Waals surface area (Å²) in [6.07, 6.45) is 1.29. The van der Waals surface area contributed by atoms with Crippen molar-refractivity contribution in [1.82, 2.24) is 14.8 Å². The first-order chi connectivity index (χ1) is 14.5. The number of aryl methyl sites for hydroxylation is 1. The van der Waals surface area contributed by atoms with Gasteiger partial charge in [0.15, 0.2) is 6.61 Å². The summed E-state index contributed by atoms with van der Waals surface area (Å²) < 4.78 is 13.1. The molecule has 0 aliphatic carbocycles. The van der Waals surface area contributed by atoms with Gasteiger partial charge in [-0.05, 0) is 56.7 Å². The van der Waals surface area contributed by atoms with Crippen molar-refractivity contribution in [2.24, 2.45) is 0 Å². The standard InChI is InChI=1S/C24H23N3O3/c1-16-13-22(18(3)27(16)17(2)19-7-5-4-6-8-19)23(28)14-29-21-11-9-20(10-12-21)24-26-25-15-30-24/h4-13,15,17H,14H2,1-3H3/t17-/m0/s1. The lowest BCUT2D eigenvalue weighted by Gasteiger charge is -2.19. The molecule has 0 aliphatic heterocycles. The van der Waals surface area contributed by atoms with Crippen molar-refractivity contribution in [3.8, 4) is 17.2 Å². The maximum atomic E-state index is 12.8. The lowest BCUT2D eigenvalue weighted by atomic mass is 10.1. The number of benzene rings is 2. The van der Waals surface area contributed by atoms with E-state index in [1.807, 2.05) is 50.2 Å². The number of hydrogen-bond acceptors (Lipinski definition) is 5. The van der Waals surface area contributed by atoms with Crippen LogP contribution in [-0.2, 0) is 0 Å². The molecule has 0 bridgehead atoms. The first kappa shape index (κ1) is 19.6. The van der Waals surface area contributed by atoms with Crippen LogP contribution in [0.3, 0.4) is 0 Å². The van der Waals surface area contributed by atoms with Crippen LogP contribution in [0.25, 0.3) is 11.5 Å². The first-order valence-electron chi connectivity index (χ1n) is 9.80. The fourth-order valence-corrected chi connectivity index (χ4v) is 3.76. The highest BCUT2D eigenvalue weighted by Gasteiger charge is 2.20. The minimum atomic E-state index is -0.0458. The number of carbonyl (C=O) groups excluding carboxylic acids is 1. The van der Waals surface area contributed by atoms with Crippen molar-refractivity contribution < 1.29 is 13.9 Å². The average molecular weight is 401 g/mol. The van der Waals surface area contributed by atoms with Crippen molar-refractivity contribution in [3.63, 3.8) is 0 Å². The Kier molecular flexibility index (Phi) is 5.48. The number of carbonyl (C=O) groups is 1. The largest absolute Gasteiger partial charge is 0.485 e. The van der Waals surface area contributed by atoms with E-state index in [0.29, 0.717) is 17.2 Å². The number of aromatic nitrogens is 3. The van der Waals surface area contributed by atoms with Crippen LogP contribution < -0.4 is 4.74 Å². The van der Waals surface area contributed by atoms with Crippen LogP contribution in [0.2, 0.25) is 0 Å². The van der Waals surface area contributed by atoms with Crippen molar-refractivity contribution in [1.29, 1.82) is 0 Å². The molecule has 6 heteroatoms. The van der Waals surface area contributed by atoms with E-state index in [4.69, 9.17) is 9.15 Å². The minimum absolute atomic E-state index is 0.0239. The molecule has 2 aromatic heterocycles. The van der Waals surface area contributed by atoms with Crippen LogP contribution in [0.5, 0.6) is 5.75 Å². The molecule has 0 N–H and O–H groups in total. The topological polar surface area (TPSA) is 70.2 Å². The molecule has 0 amide bonds. The van der Waals surface area contributed by atoms with Crippen molar-refractivity contribution in [2.45, 2.75) is 26.8 Å². The average Bonchev–Trinajstić information content (AvgIpc) is 3.41. The van der Waals surface area contributed by atoms with Crippen LogP contribution in [0.1, 0.15) is 40.3 Å². The molecule has 4 aromatic rings. The number of nitrogens with zero attached hydrogens (tertiary/aromatic N) is 3. The summed E-state index contributed by atoms with van der Waals surface area (Å²) in [5.74, 6) is 1.01. The fourth-order valence-electron chi connectivity index (χ4n) is 3.76. The van der Waals surface area contributed by atoms with Gasteiger partial charge in [0.1, 0.15) is 5.75 Å². The van der Waals surface area contributed by atoms with Crippen LogP contribution in [0.15, 0.2) is 71.5 Å². The predicted octanol–water partition coefficient (Wildman–Crippen LogP) is 5.03. The number of rotatable bonds is 7. The van der Waals surface area contributed by atoms with Crippen LogP contribution in [0, 0.1) is 13.8 Å². The third kappa shape index (κ3) is 3.89. The molecule has 2 aromatic carbocycles. The van der Waals surface area contributed by atoms with E-state index >= 15 is 0 Å². The van der Waals surface area contributed by atoms with Gasteiger partial charge in [-0.1, -0.05) is 30.3 Å². The third-order valence-electron chi connectivity index (χ3n) is 5.29. The fraction of sp³-hybridized carbons (Fsp3) is 0.208. The Morgan fingerprint density at radius 1 is 1.10 bits per heavy atom. The molecule has 30 heavy (non-hydrogen) atoms. The van der Waals surface area contributed by atoms with E-state index in [9.17, 15) is 4.79 Å². The smallest absolute Gasteiger partial charge is 0.247 e. The van der Waals surface area contributed by atoms with Gasteiger partial charge in [0.05, 0.1) is 6.04 Å². The molecule has 0 spiro atoms. The summed E-state index contributed by atoms with van der Waals surface area (Å²) in [6, 6.07) is 19.6. The molecule has 0 saturated heterocycles. The zero-order valence-corrected chi connectivity index (χ0v) is 17.2. The lowest BCUT2D eigenvalue weighted by Crippen LogP contribution is -2.14. The maximum absolute atomic E-state index is 12.8. The zero-order chi connectivity index (χ0) is 21.1. The van der Waals surface area contributed by atoms with Crippen LogP contribution in [0.4, 0.5) is 0 Å². The Labute approximate surface area is 175 Å². The summed E-state index contributed by atoms with van der Waals surface area (Å²) in [7, 11) is 0. The highest BCUT2D eigenvalue weighted by Crippen LogP contribution is 2.26. The molecule has 0 fully saturated rings. The summed E-state index contributed by atoms with van der Waals surface area (Å²) in [4.78, 5) is 12.8. The van der Waals surface area contributed by atoms with Crippen molar-refractivity contribution in [2.75, 3.05) is 6.61 Å². The molecule has 152 valence electrons. The molecule has 4 rings (SSSR count). The number of hydrogen-bond donors (Lipinski definition) is 0. The SMILES string of the molecule is Cc1cc(C(=O)COc2ccc(-c3nnco3)cc2)c(C)n1[C@@H](C)c1ccccc1. The molecular formula is C24H23N3O3. The predicted molar refractivity (Wildman–Crippen MR) is 114 cm³/mol. The minimum Gasteiger partial charge on any atom is -0.485 e. The van der Waals surface area contributed by atoms with Gasteiger partial charge in [0.25, 0.3) is 0 Å². The lowest BCUT2D eigenvalue weighted by molar-refractivity contribution is 0.0920. The normalized spacial score (nSPS) is 12.0. The van der Waals surface area contributed by atoms with Gasteiger partial charge >= 0.3 is 0 Å². The zero-order valence-electron chi connectivity index (χ0n) is 17.2. The van der Waals surface area contributed by atoms with Gasteiger partial charge < -0.3 is 13.7 Å². The van der Waals surface area contributed by atoms with E-state index in [0.717, 1.165) is 17.0 Å². The van der Waals surface area contributed by atoms with E-state index in [-0.39, 0.29) is 18.4 Å². The summed E-state index contributed by atoms with van der Waals surface area (Å²) >= 11 is 0. The number of Topliss-reactive ketones (excluding diaryl/α,β-unsaturated/α-hetero) is 1. The van der Waals surface area contributed by atoms with Gasteiger partial charge in [-0.25, -0.2) is 0 Å². The van der Waals surface area contributed by atoms with Crippen molar-refractivity contribution in [3.05, 3.63) is 89.6 Å². The molecule has 2 heterocycles. The van der Waals surface area contributed by atoms with E-state index < -0.39 is 0 Å². The molecule has 6 nitrogen and oxygen atoms in total. The Bertz CT molecular complexity index is 1130. The van der Waals surface area contributed by atoms with Gasteiger partial charge in [-0.3, -0.25) is 4.79 Å².